The maximum Gasteiger partial charge on any atom is 0.223 e. The summed E-state index contributed by atoms with van der Waals surface area (Å²) in [5.41, 5.74) is 0.948. The van der Waals surface area contributed by atoms with Gasteiger partial charge in [-0.15, -0.1) is 0 Å². The summed E-state index contributed by atoms with van der Waals surface area (Å²) in [5.74, 6) is 0.350. The highest BCUT2D eigenvalue weighted by Gasteiger charge is 2.39. The van der Waals surface area contributed by atoms with E-state index in [1.807, 2.05) is 18.2 Å². The van der Waals surface area contributed by atoms with Gasteiger partial charge in [-0.1, -0.05) is 36.6 Å². The molecule has 0 aromatic heterocycles. The van der Waals surface area contributed by atoms with Gasteiger partial charge in [0.25, 0.3) is 0 Å². The first kappa shape index (κ1) is 15.8. The molecule has 2 atom stereocenters. The van der Waals surface area contributed by atoms with Gasteiger partial charge in [-0.05, 0) is 56.8 Å². The molecule has 22 heavy (non-hydrogen) atoms. The first-order valence-electron chi connectivity index (χ1n) is 8.40. The van der Waals surface area contributed by atoms with E-state index in [0.29, 0.717) is 6.04 Å². The van der Waals surface area contributed by atoms with Gasteiger partial charge < -0.3 is 10.6 Å². The Bertz CT molecular complexity index is 540. The number of rotatable bonds is 3. The van der Waals surface area contributed by atoms with Gasteiger partial charge in [0.05, 0.1) is 5.54 Å². The first-order chi connectivity index (χ1) is 10.6. The van der Waals surface area contributed by atoms with Crippen LogP contribution in [-0.2, 0) is 10.3 Å². The lowest BCUT2D eigenvalue weighted by Gasteiger charge is -2.35. The minimum Gasteiger partial charge on any atom is -0.346 e. The monoisotopic (exact) mass is 320 g/mol. The minimum absolute atomic E-state index is 0.132. The number of halogens is 1. The van der Waals surface area contributed by atoms with Crippen molar-refractivity contribution in [3.05, 3.63) is 34.9 Å². The van der Waals surface area contributed by atoms with E-state index in [4.69, 9.17) is 11.6 Å². The number of amides is 1. The summed E-state index contributed by atoms with van der Waals surface area (Å²) in [6, 6.07) is 8.41. The molecule has 1 aromatic rings. The number of piperidine rings is 1. The summed E-state index contributed by atoms with van der Waals surface area (Å²) in [4.78, 5) is 12.8. The predicted octanol–water partition coefficient (Wildman–Crippen LogP) is 3.61. The van der Waals surface area contributed by atoms with E-state index in [1.54, 1.807) is 0 Å². The van der Waals surface area contributed by atoms with E-state index in [-0.39, 0.29) is 17.4 Å². The Morgan fingerprint density at radius 1 is 1.36 bits per heavy atom. The molecule has 1 aromatic carbocycles. The predicted molar refractivity (Wildman–Crippen MR) is 89.9 cm³/mol. The molecule has 1 amide bonds. The van der Waals surface area contributed by atoms with Gasteiger partial charge in [-0.2, -0.15) is 0 Å². The fourth-order valence-corrected chi connectivity index (χ4v) is 4.15. The molecule has 0 spiro atoms. The number of hydrogen-bond acceptors (Lipinski definition) is 2. The molecule has 1 saturated carbocycles. The largest absolute Gasteiger partial charge is 0.346 e. The summed E-state index contributed by atoms with van der Waals surface area (Å²) in [7, 11) is 0. The van der Waals surface area contributed by atoms with Crippen molar-refractivity contribution in [1.82, 2.24) is 10.6 Å². The Hall–Kier alpha value is -1.06. The van der Waals surface area contributed by atoms with Gasteiger partial charge in [0.2, 0.25) is 5.91 Å². The lowest BCUT2D eigenvalue weighted by atomic mass is 9.85. The van der Waals surface area contributed by atoms with Crippen LogP contribution < -0.4 is 10.6 Å². The molecule has 2 N–H and O–H groups in total. The zero-order chi connectivity index (χ0) is 15.6. The van der Waals surface area contributed by atoms with Crippen molar-refractivity contribution in [3.8, 4) is 0 Å². The van der Waals surface area contributed by atoms with E-state index < -0.39 is 0 Å². The number of carbonyl (C=O) groups is 1. The molecule has 1 aliphatic heterocycles. The molecule has 1 heterocycles. The van der Waals surface area contributed by atoms with Crippen molar-refractivity contribution in [1.29, 1.82) is 0 Å². The fourth-order valence-electron chi connectivity index (χ4n) is 3.96. The zero-order valence-electron chi connectivity index (χ0n) is 13.2. The van der Waals surface area contributed by atoms with Gasteiger partial charge in [0, 0.05) is 17.0 Å². The molecule has 3 nitrogen and oxygen atoms in total. The molecule has 1 aliphatic carbocycles. The number of nitrogens with one attached hydrogen (secondary N) is 2. The summed E-state index contributed by atoms with van der Waals surface area (Å²) < 4.78 is 0. The molecule has 0 radical (unpaired) electrons. The molecule has 2 fully saturated rings. The second-order valence-electron chi connectivity index (χ2n) is 6.87. The topological polar surface area (TPSA) is 41.1 Å². The van der Waals surface area contributed by atoms with Crippen LogP contribution in [0.3, 0.4) is 0 Å². The molecule has 120 valence electrons. The Morgan fingerprint density at radius 3 is 2.82 bits per heavy atom. The molecule has 0 bridgehead atoms. The normalized spacial score (nSPS) is 27.5. The van der Waals surface area contributed by atoms with Crippen molar-refractivity contribution >= 4 is 17.5 Å². The van der Waals surface area contributed by atoms with Crippen LogP contribution in [0, 0.1) is 5.92 Å². The molecule has 2 aliphatic rings. The lowest BCUT2D eigenvalue weighted by molar-refractivity contribution is -0.128. The maximum atomic E-state index is 12.8. The van der Waals surface area contributed by atoms with Gasteiger partial charge in [0.15, 0.2) is 0 Å². The highest BCUT2D eigenvalue weighted by molar-refractivity contribution is 6.30. The maximum absolute atomic E-state index is 12.8. The molecule has 4 heteroatoms. The summed E-state index contributed by atoms with van der Waals surface area (Å²) in [6.07, 6.45) is 6.21. The second kappa shape index (κ2) is 6.59. The van der Waals surface area contributed by atoms with Crippen LogP contribution in [-0.4, -0.2) is 18.5 Å². The van der Waals surface area contributed by atoms with Gasteiger partial charge in [-0.3, -0.25) is 4.79 Å². The van der Waals surface area contributed by atoms with Crippen LogP contribution in [0.25, 0.3) is 0 Å². The highest BCUT2D eigenvalue weighted by Crippen LogP contribution is 2.40. The van der Waals surface area contributed by atoms with E-state index in [9.17, 15) is 4.79 Å². The van der Waals surface area contributed by atoms with Crippen molar-refractivity contribution in [3.63, 3.8) is 0 Å². The van der Waals surface area contributed by atoms with E-state index in [0.717, 1.165) is 55.7 Å². The SMILES string of the molecule is C[C@H]1C[C@@H](C(=O)NC2(c3cccc(Cl)c3)CCCC2)CCN1. The van der Waals surface area contributed by atoms with E-state index >= 15 is 0 Å². The van der Waals surface area contributed by atoms with Crippen molar-refractivity contribution in [2.75, 3.05) is 6.54 Å². The zero-order valence-corrected chi connectivity index (χ0v) is 14.0. The molecular formula is C18H25ClN2O. The Morgan fingerprint density at radius 2 is 2.14 bits per heavy atom. The third-order valence-corrected chi connectivity index (χ3v) is 5.43. The van der Waals surface area contributed by atoms with Crippen LogP contribution in [0.15, 0.2) is 24.3 Å². The van der Waals surface area contributed by atoms with Crippen molar-refractivity contribution in [2.45, 2.75) is 57.0 Å². The van der Waals surface area contributed by atoms with E-state index in [2.05, 4.69) is 23.6 Å². The standard InChI is InChI=1S/C18H25ClN2O/c1-13-11-14(7-10-20-13)17(22)21-18(8-2-3-9-18)15-5-4-6-16(19)12-15/h4-6,12-14,20H,2-3,7-11H2,1H3,(H,21,22)/t13-,14-/m0/s1. The Labute approximate surface area is 137 Å². The minimum atomic E-state index is -0.212. The molecule has 1 saturated heterocycles. The molecular weight excluding hydrogens is 296 g/mol. The second-order valence-corrected chi connectivity index (χ2v) is 7.30. The average molecular weight is 321 g/mol. The van der Waals surface area contributed by atoms with Gasteiger partial charge in [-0.25, -0.2) is 0 Å². The van der Waals surface area contributed by atoms with Crippen molar-refractivity contribution in [2.24, 2.45) is 5.92 Å². The Balaban J connectivity index is 1.78. The first-order valence-corrected chi connectivity index (χ1v) is 8.78. The lowest BCUT2D eigenvalue weighted by Crippen LogP contribution is -2.49. The van der Waals surface area contributed by atoms with Crippen molar-refractivity contribution < 1.29 is 4.79 Å². The number of hydrogen-bond donors (Lipinski definition) is 2. The molecule has 0 unspecified atom stereocenters. The number of carbonyl (C=O) groups excluding carboxylic acids is 1. The van der Waals surface area contributed by atoms with Crippen LogP contribution >= 0.6 is 11.6 Å². The smallest absolute Gasteiger partial charge is 0.223 e. The summed E-state index contributed by atoms with van der Waals surface area (Å²) in [6.45, 7) is 3.09. The molecule has 3 rings (SSSR count). The average Bonchev–Trinajstić information content (AvgIpc) is 2.97. The van der Waals surface area contributed by atoms with Crippen LogP contribution in [0.5, 0.6) is 0 Å². The Kier molecular flexibility index (Phi) is 4.74. The van der Waals surface area contributed by atoms with Crippen LogP contribution in [0.2, 0.25) is 5.02 Å². The highest BCUT2D eigenvalue weighted by atomic mass is 35.5. The van der Waals surface area contributed by atoms with Crippen LogP contribution in [0.4, 0.5) is 0 Å². The third-order valence-electron chi connectivity index (χ3n) is 5.19. The van der Waals surface area contributed by atoms with E-state index in [1.165, 1.54) is 0 Å². The fraction of sp³-hybridized carbons (Fsp3) is 0.611. The number of benzene rings is 1. The quantitative estimate of drug-likeness (QED) is 0.893. The van der Waals surface area contributed by atoms with Gasteiger partial charge in [0.1, 0.15) is 0 Å². The van der Waals surface area contributed by atoms with Gasteiger partial charge >= 0.3 is 0 Å². The summed E-state index contributed by atoms with van der Waals surface area (Å²) in [5, 5.41) is 7.56. The third kappa shape index (κ3) is 3.31. The summed E-state index contributed by atoms with van der Waals surface area (Å²) >= 11 is 6.17. The van der Waals surface area contributed by atoms with Crippen LogP contribution in [0.1, 0.15) is 51.0 Å².